The van der Waals surface area contributed by atoms with Crippen molar-refractivity contribution in [2.45, 2.75) is 0 Å². The van der Waals surface area contributed by atoms with Gasteiger partial charge < -0.3 is 19.9 Å². The van der Waals surface area contributed by atoms with Gasteiger partial charge in [0.05, 0.1) is 6.54 Å². The van der Waals surface area contributed by atoms with Crippen LogP contribution in [0.1, 0.15) is 0 Å². The molecule has 2 amide bonds. The molecule has 1 fully saturated rings. The van der Waals surface area contributed by atoms with Crippen molar-refractivity contribution in [1.29, 1.82) is 0 Å². The van der Waals surface area contributed by atoms with E-state index in [0.29, 0.717) is 31.3 Å². The summed E-state index contributed by atoms with van der Waals surface area (Å²) in [6, 6.07) is 7.12. The van der Waals surface area contributed by atoms with Gasteiger partial charge in [-0.25, -0.2) is 9.78 Å². The minimum atomic E-state index is -0.0477. The van der Waals surface area contributed by atoms with E-state index in [1.165, 1.54) is 0 Å². The molecule has 1 aliphatic rings. The fourth-order valence-corrected chi connectivity index (χ4v) is 3.27. The first kappa shape index (κ1) is 16.9. The molecule has 128 valence electrons. The molecule has 1 aliphatic heterocycles. The van der Waals surface area contributed by atoms with Crippen molar-refractivity contribution in [2.75, 3.05) is 44.2 Å². The van der Waals surface area contributed by atoms with Gasteiger partial charge in [0.1, 0.15) is 12.4 Å². The lowest BCUT2D eigenvalue weighted by molar-refractivity contribution is 0.191. The molecule has 1 aromatic carbocycles. The van der Waals surface area contributed by atoms with Gasteiger partial charge in [-0.2, -0.15) is 0 Å². The largest absolute Gasteiger partial charge is 0.492 e. The number of nitrogens with zero attached hydrogens (tertiary/aromatic N) is 3. The van der Waals surface area contributed by atoms with E-state index in [1.807, 2.05) is 22.4 Å². The Morgan fingerprint density at radius 3 is 2.67 bits per heavy atom. The number of anilines is 1. The number of aromatic nitrogens is 1. The summed E-state index contributed by atoms with van der Waals surface area (Å²) in [6.45, 7) is 3.90. The second-order valence-electron chi connectivity index (χ2n) is 5.32. The first-order valence-electron chi connectivity index (χ1n) is 7.78. The maximum absolute atomic E-state index is 12.2. The van der Waals surface area contributed by atoms with Gasteiger partial charge in [-0.15, -0.1) is 11.3 Å². The van der Waals surface area contributed by atoms with Crippen LogP contribution in [0.15, 0.2) is 35.8 Å². The van der Waals surface area contributed by atoms with Crippen LogP contribution in [-0.2, 0) is 0 Å². The van der Waals surface area contributed by atoms with Gasteiger partial charge in [0.15, 0.2) is 5.13 Å². The number of hydrogen-bond donors (Lipinski definition) is 1. The van der Waals surface area contributed by atoms with Crippen LogP contribution in [0.3, 0.4) is 0 Å². The Morgan fingerprint density at radius 2 is 2.00 bits per heavy atom. The van der Waals surface area contributed by atoms with Gasteiger partial charge in [0.25, 0.3) is 0 Å². The Hall–Kier alpha value is -1.99. The highest BCUT2D eigenvalue weighted by Crippen LogP contribution is 2.19. The van der Waals surface area contributed by atoms with Crippen molar-refractivity contribution in [3.63, 3.8) is 0 Å². The quantitative estimate of drug-likeness (QED) is 0.826. The molecule has 6 nitrogen and oxygen atoms in total. The Kier molecular flexibility index (Phi) is 5.77. The van der Waals surface area contributed by atoms with Gasteiger partial charge >= 0.3 is 6.03 Å². The summed E-state index contributed by atoms with van der Waals surface area (Å²) < 4.78 is 5.56. The molecule has 0 radical (unpaired) electrons. The van der Waals surface area contributed by atoms with Gasteiger partial charge in [-0.3, -0.25) is 0 Å². The summed E-state index contributed by atoms with van der Waals surface area (Å²) in [6.07, 6.45) is 1.81. The molecule has 1 aromatic heterocycles. The number of nitrogens with one attached hydrogen (secondary N) is 1. The molecule has 2 heterocycles. The summed E-state index contributed by atoms with van der Waals surface area (Å²) >= 11 is 7.44. The smallest absolute Gasteiger partial charge is 0.317 e. The Bertz CT molecular complexity index is 643. The molecule has 8 heteroatoms. The van der Waals surface area contributed by atoms with E-state index in [4.69, 9.17) is 16.3 Å². The van der Waals surface area contributed by atoms with Gasteiger partial charge in [-0.1, -0.05) is 11.6 Å². The molecule has 1 saturated heterocycles. The first-order chi connectivity index (χ1) is 11.7. The number of piperazine rings is 1. The normalized spacial score (nSPS) is 14.5. The zero-order valence-electron chi connectivity index (χ0n) is 13.2. The van der Waals surface area contributed by atoms with Crippen molar-refractivity contribution in [1.82, 2.24) is 15.2 Å². The number of amides is 2. The number of carbonyl (C=O) groups excluding carboxylic acids is 1. The van der Waals surface area contributed by atoms with Crippen LogP contribution in [-0.4, -0.2) is 55.2 Å². The maximum atomic E-state index is 12.2. The molecule has 2 aromatic rings. The molecular formula is C16H19ClN4O2S. The van der Waals surface area contributed by atoms with E-state index in [9.17, 15) is 4.79 Å². The molecule has 24 heavy (non-hydrogen) atoms. The predicted molar refractivity (Wildman–Crippen MR) is 96.2 cm³/mol. The molecule has 0 saturated carbocycles. The SMILES string of the molecule is O=C(NCCOc1ccc(Cl)cc1)N1CCN(c2nccs2)CC1. The summed E-state index contributed by atoms with van der Waals surface area (Å²) in [5, 5.41) is 6.55. The number of benzene rings is 1. The van der Waals surface area contributed by atoms with Crippen molar-refractivity contribution >= 4 is 34.1 Å². The zero-order chi connectivity index (χ0) is 16.8. The number of carbonyl (C=O) groups is 1. The third-order valence-electron chi connectivity index (χ3n) is 3.72. The summed E-state index contributed by atoms with van der Waals surface area (Å²) in [4.78, 5) is 20.5. The zero-order valence-corrected chi connectivity index (χ0v) is 14.7. The fraction of sp³-hybridized carbons (Fsp3) is 0.375. The Balaban J connectivity index is 1.35. The molecule has 3 rings (SSSR count). The van der Waals surface area contributed by atoms with Crippen LogP contribution in [0.2, 0.25) is 5.02 Å². The van der Waals surface area contributed by atoms with E-state index in [2.05, 4.69) is 15.2 Å². The van der Waals surface area contributed by atoms with Gasteiger partial charge in [0.2, 0.25) is 0 Å². The molecule has 0 bridgehead atoms. The number of hydrogen-bond acceptors (Lipinski definition) is 5. The van der Waals surface area contributed by atoms with Crippen molar-refractivity contribution in [3.8, 4) is 5.75 Å². The summed E-state index contributed by atoms with van der Waals surface area (Å²) in [5.41, 5.74) is 0. The molecule has 0 aliphatic carbocycles. The van der Waals surface area contributed by atoms with E-state index in [-0.39, 0.29) is 6.03 Å². The summed E-state index contributed by atoms with van der Waals surface area (Å²) in [7, 11) is 0. The highest BCUT2D eigenvalue weighted by Gasteiger charge is 2.21. The topological polar surface area (TPSA) is 57.7 Å². The molecular weight excluding hydrogens is 348 g/mol. The molecule has 0 atom stereocenters. The molecule has 1 N–H and O–H groups in total. The average Bonchev–Trinajstić information content (AvgIpc) is 3.15. The van der Waals surface area contributed by atoms with Crippen molar-refractivity contribution < 1.29 is 9.53 Å². The third kappa shape index (κ3) is 4.52. The Labute approximate surface area is 150 Å². The standard InChI is InChI=1S/C16H19ClN4O2S/c17-13-1-3-14(4-2-13)23-11-5-18-15(22)20-7-9-21(10-8-20)16-19-6-12-24-16/h1-4,6,12H,5,7-11H2,(H,18,22). The minimum absolute atomic E-state index is 0.0477. The third-order valence-corrected chi connectivity index (χ3v) is 4.80. The highest BCUT2D eigenvalue weighted by molar-refractivity contribution is 7.13. The van der Waals surface area contributed by atoms with E-state index in [0.717, 1.165) is 24.0 Å². The van der Waals surface area contributed by atoms with Crippen molar-refractivity contribution in [2.24, 2.45) is 0 Å². The number of thiazole rings is 1. The lowest BCUT2D eigenvalue weighted by atomic mass is 10.3. The van der Waals surface area contributed by atoms with Crippen LogP contribution < -0.4 is 15.0 Å². The van der Waals surface area contributed by atoms with Crippen LogP contribution in [0, 0.1) is 0 Å². The van der Waals surface area contributed by atoms with Crippen molar-refractivity contribution in [3.05, 3.63) is 40.9 Å². The van der Waals surface area contributed by atoms with E-state index < -0.39 is 0 Å². The average molecular weight is 367 g/mol. The van der Waals surface area contributed by atoms with Gasteiger partial charge in [0, 0.05) is 42.8 Å². The molecule has 0 unspecified atom stereocenters. The predicted octanol–water partition coefficient (Wildman–Crippen LogP) is 2.71. The maximum Gasteiger partial charge on any atom is 0.317 e. The number of ether oxygens (including phenoxy) is 1. The number of rotatable bonds is 5. The van der Waals surface area contributed by atoms with E-state index >= 15 is 0 Å². The molecule has 0 spiro atoms. The number of halogens is 1. The lowest BCUT2D eigenvalue weighted by Gasteiger charge is -2.34. The number of urea groups is 1. The second-order valence-corrected chi connectivity index (χ2v) is 6.63. The first-order valence-corrected chi connectivity index (χ1v) is 9.04. The van der Waals surface area contributed by atoms with Crippen LogP contribution in [0.25, 0.3) is 0 Å². The lowest BCUT2D eigenvalue weighted by Crippen LogP contribution is -2.52. The fourth-order valence-electron chi connectivity index (χ4n) is 2.44. The minimum Gasteiger partial charge on any atom is -0.492 e. The van der Waals surface area contributed by atoms with Crippen LogP contribution >= 0.6 is 22.9 Å². The Morgan fingerprint density at radius 1 is 1.25 bits per heavy atom. The summed E-state index contributed by atoms with van der Waals surface area (Å²) in [5.74, 6) is 0.741. The van der Waals surface area contributed by atoms with Crippen LogP contribution in [0.4, 0.5) is 9.93 Å². The van der Waals surface area contributed by atoms with E-state index in [1.54, 1.807) is 29.7 Å². The monoisotopic (exact) mass is 366 g/mol. The second kappa shape index (κ2) is 8.21. The highest BCUT2D eigenvalue weighted by atomic mass is 35.5. The van der Waals surface area contributed by atoms with Gasteiger partial charge in [-0.05, 0) is 24.3 Å². The van der Waals surface area contributed by atoms with Crippen LogP contribution in [0.5, 0.6) is 5.75 Å².